The SMILES string of the molecule is CCCN1C(=O)C(=O)/C(=C(\O)c2ccc(OC(C)C)c(C)c2)C1c1ccc(OCc2ccccc2)c(OC)c1. The Labute approximate surface area is 229 Å². The summed E-state index contributed by atoms with van der Waals surface area (Å²) in [4.78, 5) is 27.9. The van der Waals surface area contributed by atoms with Gasteiger partial charge in [-0.25, -0.2) is 0 Å². The molecule has 0 bridgehead atoms. The average Bonchev–Trinajstić information content (AvgIpc) is 3.18. The zero-order valence-electron chi connectivity index (χ0n) is 23.1. The number of hydrogen-bond acceptors (Lipinski definition) is 6. The van der Waals surface area contributed by atoms with Crippen LogP contribution < -0.4 is 14.2 Å². The van der Waals surface area contributed by atoms with Crippen molar-refractivity contribution in [2.45, 2.75) is 52.9 Å². The summed E-state index contributed by atoms with van der Waals surface area (Å²) in [5.41, 5.74) is 2.96. The van der Waals surface area contributed by atoms with Crippen molar-refractivity contribution in [2.24, 2.45) is 0 Å². The van der Waals surface area contributed by atoms with E-state index < -0.39 is 17.7 Å². The quantitative estimate of drug-likeness (QED) is 0.191. The molecule has 4 rings (SSSR count). The number of hydrogen-bond donors (Lipinski definition) is 1. The number of ketones is 1. The Morgan fingerprint density at radius 1 is 0.974 bits per heavy atom. The molecule has 0 spiro atoms. The van der Waals surface area contributed by atoms with Gasteiger partial charge in [-0.3, -0.25) is 9.59 Å². The minimum atomic E-state index is -0.770. The van der Waals surface area contributed by atoms with Gasteiger partial charge in [0.05, 0.1) is 24.8 Å². The highest BCUT2D eigenvalue weighted by molar-refractivity contribution is 6.46. The first-order valence-electron chi connectivity index (χ1n) is 13.2. The largest absolute Gasteiger partial charge is 0.507 e. The first-order chi connectivity index (χ1) is 18.7. The van der Waals surface area contributed by atoms with Crippen LogP contribution in [0.5, 0.6) is 17.2 Å². The lowest BCUT2D eigenvalue weighted by Gasteiger charge is -2.25. The van der Waals surface area contributed by atoms with E-state index in [9.17, 15) is 14.7 Å². The Bertz CT molecular complexity index is 1380. The summed E-state index contributed by atoms with van der Waals surface area (Å²) in [6.07, 6.45) is 0.649. The fourth-order valence-electron chi connectivity index (χ4n) is 4.75. The van der Waals surface area contributed by atoms with Crippen molar-refractivity contribution < 1.29 is 28.9 Å². The van der Waals surface area contributed by atoms with Gasteiger partial charge in [-0.05, 0) is 74.2 Å². The fraction of sp³-hybridized carbons (Fsp3) is 0.312. The number of Topliss-reactive ketones (excluding diaryl/α,β-unsaturated/α-hetero) is 1. The van der Waals surface area contributed by atoms with Crippen molar-refractivity contribution in [1.82, 2.24) is 4.90 Å². The molecule has 1 N–H and O–H groups in total. The van der Waals surface area contributed by atoms with Gasteiger partial charge in [0, 0.05) is 12.1 Å². The Hall–Kier alpha value is -4.26. The Balaban J connectivity index is 1.74. The molecule has 1 amide bonds. The summed E-state index contributed by atoms with van der Waals surface area (Å²) in [6, 6.07) is 19.6. The Kier molecular flexibility index (Phi) is 8.59. The molecule has 0 radical (unpaired) electrons. The van der Waals surface area contributed by atoms with Crippen LogP contribution in [0.3, 0.4) is 0 Å². The number of carbonyl (C=O) groups is 2. The molecule has 1 unspecified atom stereocenters. The van der Waals surface area contributed by atoms with Gasteiger partial charge in [0.15, 0.2) is 11.5 Å². The van der Waals surface area contributed by atoms with E-state index in [1.165, 1.54) is 4.90 Å². The molecule has 1 aliphatic rings. The van der Waals surface area contributed by atoms with Crippen molar-refractivity contribution in [3.8, 4) is 17.2 Å². The van der Waals surface area contributed by atoms with E-state index >= 15 is 0 Å². The maximum absolute atomic E-state index is 13.3. The second-order valence-electron chi connectivity index (χ2n) is 9.82. The lowest BCUT2D eigenvalue weighted by Crippen LogP contribution is -2.30. The van der Waals surface area contributed by atoms with E-state index in [1.807, 2.05) is 58.0 Å². The zero-order chi connectivity index (χ0) is 28.1. The lowest BCUT2D eigenvalue weighted by atomic mass is 9.94. The summed E-state index contributed by atoms with van der Waals surface area (Å²) >= 11 is 0. The number of aryl methyl sites for hydroxylation is 1. The number of likely N-dealkylation sites (tertiary alicyclic amines) is 1. The van der Waals surface area contributed by atoms with Crippen LogP contribution in [0, 0.1) is 6.92 Å². The molecule has 1 aliphatic heterocycles. The molecular weight excluding hydrogens is 494 g/mol. The highest BCUT2D eigenvalue weighted by Crippen LogP contribution is 2.42. The molecule has 7 nitrogen and oxygen atoms in total. The summed E-state index contributed by atoms with van der Waals surface area (Å²) in [7, 11) is 1.54. The number of aliphatic hydroxyl groups excluding tert-OH is 1. The molecule has 0 aromatic heterocycles. The summed E-state index contributed by atoms with van der Waals surface area (Å²) < 4.78 is 17.4. The summed E-state index contributed by atoms with van der Waals surface area (Å²) in [6.45, 7) is 8.42. The molecule has 1 heterocycles. The number of ether oxygens (including phenoxy) is 3. The molecule has 0 aliphatic carbocycles. The van der Waals surface area contributed by atoms with Gasteiger partial charge in [-0.15, -0.1) is 0 Å². The molecule has 204 valence electrons. The predicted octanol–water partition coefficient (Wildman–Crippen LogP) is 6.20. The van der Waals surface area contributed by atoms with Gasteiger partial charge in [-0.2, -0.15) is 0 Å². The number of amides is 1. The Morgan fingerprint density at radius 2 is 1.69 bits per heavy atom. The number of carbonyl (C=O) groups excluding carboxylic acids is 2. The van der Waals surface area contributed by atoms with Crippen molar-refractivity contribution in [3.05, 3.63) is 94.6 Å². The standard InChI is InChI=1S/C32H35NO6/c1-6-16-33-29(23-12-15-26(27(18-23)37-5)38-19-22-10-8-7-9-11-22)28(31(35)32(33)36)30(34)24-13-14-25(21(4)17-24)39-20(2)3/h7-15,17-18,20,29,34H,6,16,19H2,1-5H3/b30-28-. The zero-order valence-corrected chi connectivity index (χ0v) is 23.1. The number of benzene rings is 3. The summed E-state index contributed by atoms with van der Waals surface area (Å²) in [5, 5.41) is 11.4. The smallest absolute Gasteiger partial charge is 0.295 e. The molecule has 3 aromatic rings. The number of methoxy groups -OCH3 is 1. The van der Waals surface area contributed by atoms with E-state index in [4.69, 9.17) is 14.2 Å². The minimum absolute atomic E-state index is 0.00265. The average molecular weight is 530 g/mol. The van der Waals surface area contributed by atoms with Crippen LogP contribution >= 0.6 is 0 Å². The third-order valence-electron chi connectivity index (χ3n) is 6.56. The predicted molar refractivity (Wildman–Crippen MR) is 150 cm³/mol. The lowest BCUT2D eigenvalue weighted by molar-refractivity contribution is -0.139. The second-order valence-corrected chi connectivity index (χ2v) is 9.82. The van der Waals surface area contributed by atoms with Crippen LogP contribution in [-0.2, 0) is 16.2 Å². The monoisotopic (exact) mass is 529 g/mol. The third-order valence-corrected chi connectivity index (χ3v) is 6.56. The molecule has 1 atom stereocenters. The summed E-state index contributed by atoms with van der Waals surface area (Å²) in [5.74, 6) is 0.128. The van der Waals surface area contributed by atoms with Gasteiger partial charge < -0.3 is 24.2 Å². The number of aliphatic hydroxyl groups is 1. The van der Waals surface area contributed by atoms with E-state index in [0.717, 1.165) is 11.1 Å². The molecular formula is C32H35NO6. The van der Waals surface area contributed by atoms with E-state index in [-0.39, 0.29) is 17.4 Å². The van der Waals surface area contributed by atoms with Gasteiger partial charge in [0.1, 0.15) is 18.1 Å². The van der Waals surface area contributed by atoms with Crippen molar-refractivity contribution in [3.63, 3.8) is 0 Å². The van der Waals surface area contributed by atoms with Crippen LogP contribution in [0.4, 0.5) is 0 Å². The Morgan fingerprint density at radius 3 is 2.33 bits per heavy atom. The highest BCUT2D eigenvalue weighted by atomic mass is 16.5. The first-order valence-corrected chi connectivity index (χ1v) is 13.2. The van der Waals surface area contributed by atoms with E-state index in [1.54, 1.807) is 43.5 Å². The third kappa shape index (κ3) is 5.93. The van der Waals surface area contributed by atoms with Gasteiger partial charge in [0.25, 0.3) is 11.7 Å². The molecule has 0 saturated carbocycles. The molecule has 1 saturated heterocycles. The van der Waals surface area contributed by atoms with Crippen molar-refractivity contribution in [2.75, 3.05) is 13.7 Å². The molecule has 3 aromatic carbocycles. The topological polar surface area (TPSA) is 85.3 Å². The highest BCUT2D eigenvalue weighted by Gasteiger charge is 2.46. The minimum Gasteiger partial charge on any atom is -0.507 e. The van der Waals surface area contributed by atoms with Gasteiger partial charge >= 0.3 is 0 Å². The maximum atomic E-state index is 13.3. The second kappa shape index (κ2) is 12.1. The first kappa shape index (κ1) is 27.8. The van der Waals surface area contributed by atoms with Crippen LogP contribution in [0.2, 0.25) is 0 Å². The number of rotatable bonds is 10. The van der Waals surface area contributed by atoms with E-state index in [2.05, 4.69) is 0 Å². The molecule has 1 fully saturated rings. The van der Waals surface area contributed by atoms with Gasteiger partial charge in [0.2, 0.25) is 0 Å². The molecule has 39 heavy (non-hydrogen) atoms. The van der Waals surface area contributed by atoms with Crippen molar-refractivity contribution >= 4 is 17.4 Å². The van der Waals surface area contributed by atoms with Crippen molar-refractivity contribution in [1.29, 1.82) is 0 Å². The van der Waals surface area contributed by atoms with Crippen LogP contribution in [0.15, 0.2) is 72.3 Å². The van der Waals surface area contributed by atoms with E-state index in [0.29, 0.717) is 47.9 Å². The fourth-order valence-corrected chi connectivity index (χ4v) is 4.75. The van der Waals surface area contributed by atoms with Crippen LogP contribution in [-0.4, -0.2) is 41.5 Å². The van der Waals surface area contributed by atoms with Gasteiger partial charge in [-0.1, -0.05) is 43.3 Å². The normalized spacial score (nSPS) is 16.6. The molecule has 7 heteroatoms. The maximum Gasteiger partial charge on any atom is 0.295 e. The number of nitrogens with zero attached hydrogens (tertiary/aromatic N) is 1. The van der Waals surface area contributed by atoms with Crippen LogP contribution in [0.1, 0.15) is 55.5 Å². The van der Waals surface area contributed by atoms with Crippen LogP contribution in [0.25, 0.3) is 5.76 Å².